The molecular formula is C76H118N8O19. The van der Waals surface area contributed by atoms with Crippen LogP contribution in [0, 0.1) is 29.6 Å². The Morgan fingerprint density at radius 1 is 0.680 bits per heavy atom. The number of likely N-dealkylation sites (N-methyl/N-ethyl adjacent to an activating group) is 1. The Bertz CT molecular complexity index is 2930. The van der Waals surface area contributed by atoms with Gasteiger partial charge in [0.05, 0.1) is 148 Å². The number of imide groups is 1. The Morgan fingerprint density at radius 3 is 1.83 bits per heavy atom. The SMILES string of the molecule is CC[C@H](C)[C@@H]([C@@H](CC(=O)N1CCC[C@H]1[C@H](OC)[C@@H](C)C(=O)N[C@@H](Cc1ccccc1)C(=O)Nc1ccc(CNC(=O)CCCCCN2C(=O)C=CC2=O)cc1)OC)N(C)C(=O)[C@@H](NC(=O)[C@@H]1[C@H]2CC[C@@H]([C@H]2C)N1C(C=O)COCCOCCOCCOCCOCCOCCOCCOC)C(C)C. The fourth-order valence-corrected chi connectivity index (χ4v) is 14.4. The van der Waals surface area contributed by atoms with Gasteiger partial charge in [-0.05, 0) is 85.5 Å². The summed E-state index contributed by atoms with van der Waals surface area (Å²) in [5.74, 6) is -3.78. The number of likely N-dealkylation sites (tertiary alicyclic amines) is 2. The van der Waals surface area contributed by atoms with Gasteiger partial charge < -0.3 is 83.2 Å². The van der Waals surface area contributed by atoms with E-state index in [-0.39, 0.29) is 104 Å². The largest absolute Gasteiger partial charge is 0.382 e. The predicted molar refractivity (Wildman–Crippen MR) is 385 cm³/mol. The fraction of sp³-hybridized carbons (Fsp3) is 0.697. The number of unbranched alkanes of at least 4 members (excludes halogenated alkanes) is 2. The summed E-state index contributed by atoms with van der Waals surface area (Å²) in [6.07, 6.45) is 7.57. The zero-order valence-electron chi connectivity index (χ0n) is 62.6. The second-order valence-corrected chi connectivity index (χ2v) is 27.5. The van der Waals surface area contributed by atoms with Crippen LogP contribution in [0.15, 0.2) is 66.7 Å². The number of aldehydes is 1. The standard InChI is InChI=1S/C76H118N8O19/c1-11-53(4)70(81(7)76(93)69(52(2)3)80-75(92)71-60-27-28-62(54(60)5)84(71)59(50-85)51-103-46-45-102-44-43-101-42-41-100-40-39-99-38-37-98-36-35-97-34-33-94-8)64(95-9)48-68(89)82-32-18-21-63(82)72(96-10)55(6)73(90)79-61(47-56-19-14-12-15-20-56)74(91)78-58-25-23-57(24-26-58)49-77-65(86)22-16-13-17-31-83-66(87)29-30-67(83)88/h12,14-15,19-20,23-26,29-30,50,52-55,59-64,69-72H,11,13,16-18,21-22,27-28,31-49,51H2,1-10H3,(H,77,86)(H,78,91)(H,79,90)(H,80,92)/t53-,54-,55+,59?,60-,61-,62-,63-,64+,69-,70-,71-,72+/m0/s1. The van der Waals surface area contributed by atoms with E-state index in [1.54, 1.807) is 55.1 Å². The molecule has 0 radical (unpaired) electrons. The number of carbonyl (C=O) groups excluding carboxylic acids is 9. The number of nitrogens with zero attached hydrogens (tertiary/aromatic N) is 4. The van der Waals surface area contributed by atoms with E-state index in [0.29, 0.717) is 143 Å². The molecule has 103 heavy (non-hydrogen) atoms. The number of benzene rings is 2. The number of fused-ring (bicyclic) bond motifs is 2. The van der Waals surface area contributed by atoms with Crippen molar-refractivity contribution in [2.45, 2.75) is 173 Å². The Morgan fingerprint density at radius 2 is 1.27 bits per heavy atom. The van der Waals surface area contributed by atoms with E-state index in [9.17, 15) is 38.4 Å². The Hall–Kier alpha value is -6.63. The molecule has 0 aromatic heterocycles. The number of carbonyl (C=O) groups is 9. The number of hydrogen-bond donors (Lipinski definition) is 4. The average Bonchev–Trinajstić information content (AvgIpc) is 1.59. The van der Waals surface area contributed by atoms with Gasteiger partial charge in [0.15, 0.2) is 0 Å². The Kier molecular flexibility index (Phi) is 38.4. The van der Waals surface area contributed by atoms with Crippen molar-refractivity contribution in [2.24, 2.45) is 29.6 Å². The van der Waals surface area contributed by atoms with Gasteiger partial charge in [0, 0.05) is 84.7 Å². The molecule has 3 aliphatic heterocycles. The van der Waals surface area contributed by atoms with Crippen LogP contribution in [0.25, 0.3) is 0 Å². The third-order valence-electron chi connectivity index (χ3n) is 20.3. The minimum atomic E-state index is -1.00. The lowest BCUT2D eigenvalue weighted by molar-refractivity contribution is -0.148. The van der Waals surface area contributed by atoms with Gasteiger partial charge in [0.1, 0.15) is 18.4 Å². The third-order valence-corrected chi connectivity index (χ3v) is 20.3. The molecule has 1 unspecified atom stereocenters. The number of amides is 8. The second-order valence-electron chi connectivity index (χ2n) is 27.5. The Balaban J connectivity index is 0.974. The molecule has 2 aromatic rings. The fourth-order valence-electron chi connectivity index (χ4n) is 14.4. The molecule has 2 aromatic carbocycles. The van der Waals surface area contributed by atoms with Gasteiger partial charge in [-0.1, -0.05) is 96.8 Å². The molecule has 13 atom stereocenters. The summed E-state index contributed by atoms with van der Waals surface area (Å²) in [6, 6.07) is 11.9. The van der Waals surface area contributed by atoms with E-state index in [2.05, 4.69) is 28.2 Å². The maximum Gasteiger partial charge on any atom is 0.253 e. The lowest BCUT2D eigenvalue weighted by Crippen LogP contribution is -2.61. The summed E-state index contributed by atoms with van der Waals surface area (Å²) >= 11 is 0. The zero-order chi connectivity index (χ0) is 74.6. The van der Waals surface area contributed by atoms with Crippen LogP contribution in [0.5, 0.6) is 0 Å². The summed E-state index contributed by atoms with van der Waals surface area (Å²) in [5.41, 5.74) is 2.11. The molecule has 0 spiro atoms. The molecule has 3 heterocycles. The van der Waals surface area contributed by atoms with Crippen LogP contribution in [-0.2, 0) is 103 Å². The van der Waals surface area contributed by atoms with Crippen molar-refractivity contribution in [1.82, 2.24) is 35.6 Å². The molecule has 1 aliphatic carbocycles. The lowest BCUT2D eigenvalue weighted by atomic mass is 9.89. The number of rotatable bonds is 53. The highest BCUT2D eigenvalue weighted by Crippen LogP contribution is 2.48. The highest BCUT2D eigenvalue weighted by molar-refractivity contribution is 6.12. The van der Waals surface area contributed by atoms with E-state index in [1.165, 1.54) is 31.3 Å². The topological polar surface area (TPSA) is 307 Å². The van der Waals surface area contributed by atoms with E-state index in [0.717, 1.165) is 30.3 Å². The van der Waals surface area contributed by atoms with Crippen LogP contribution in [0.2, 0.25) is 0 Å². The van der Waals surface area contributed by atoms with Crippen molar-refractivity contribution in [2.75, 3.05) is 146 Å². The number of ether oxygens (including phenoxy) is 10. The molecule has 4 N–H and O–H groups in total. The molecule has 2 saturated heterocycles. The van der Waals surface area contributed by atoms with Gasteiger partial charge in [-0.2, -0.15) is 0 Å². The first kappa shape index (κ1) is 85.3. The molecule has 27 nitrogen and oxygen atoms in total. The zero-order valence-corrected chi connectivity index (χ0v) is 62.6. The van der Waals surface area contributed by atoms with Crippen LogP contribution in [0.4, 0.5) is 5.69 Å². The van der Waals surface area contributed by atoms with Gasteiger partial charge in [-0.25, -0.2) is 0 Å². The first-order valence-corrected chi connectivity index (χ1v) is 37.0. The third kappa shape index (κ3) is 26.7. The number of nitrogens with one attached hydrogen (secondary N) is 4. The van der Waals surface area contributed by atoms with Gasteiger partial charge in [0.2, 0.25) is 35.4 Å². The molecule has 6 rings (SSSR count). The van der Waals surface area contributed by atoms with Crippen LogP contribution in [0.3, 0.4) is 0 Å². The van der Waals surface area contributed by atoms with Crippen molar-refractivity contribution in [3.05, 3.63) is 77.9 Å². The number of methoxy groups -OCH3 is 3. The van der Waals surface area contributed by atoms with Crippen LogP contribution >= 0.6 is 0 Å². The number of piperidine rings is 1. The molecule has 1 saturated carbocycles. The van der Waals surface area contributed by atoms with E-state index < -0.39 is 66.2 Å². The minimum Gasteiger partial charge on any atom is -0.382 e. The lowest BCUT2D eigenvalue weighted by Gasteiger charge is -2.41. The van der Waals surface area contributed by atoms with Crippen molar-refractivity contribution in [3.63, 3.8) is 0 Å². The quantitative estimate of drug-likeness (QED) is 0.0387. The summed E-state index contributed by atoms with van der Waals surface area (Å²) < 4.78 is 56.5. The predicted octanol–water partition coefficient (Wildman–Crippen LogP) is 4.94. The van der Waals surface area contributed by atoms with Gasteiger partial charge in [-0.3, -0.25) is 48.2 Å². The normalized spacial score (nSPS) is 20.4. The molecule has 2 bridgehead atoms. The highest BCUT2D eigenvalue weighted by Gasteiger charge is 2.56. The van der Waals surface area contributed by atoms with Crippen LogP contribution in [-0.4, -0.2) is 268 Å². The maximum absolute atomic E-state index is 15.1. The molecule has 4 aliphatic rings. The molecule has 27 heteroatoms. The minimum absolute atomic E-state index is 0.0271. The van der Waals surface area contributed by atoms with Gasteiger partial charge in [-0.15, -0.1) is 0 Å². The van der Waals surface area contributed by atoms with Gasteiger partial charge in [0.25, 0.3) is 11.8 Å². The average molecular weight is 1450 g/mol. The summed E-state index contributed by atoms with van der Waals surface area (Å²) in [4.78, 5) is 129. The first-order chi connectivity index (χ1) is 49.8. The Labute approximate surface area is 609 Å². The summed E-state index contributed by atoms with van der Waals surface area (Å²) in [7, 11) is 6.37. The molecule has 8 amide bonds. The van der Waals surface area contributed by atoms with E-state index >= 15 is 4.79 Å². The summed E-state index contributed by atoms with van der Waals surface area (Å²) in [6.45, 7) is 18.7. The maximum atomic E-state index is 15.1. The second kappa shape index (κ2) is 46.3. The summed E-state index contributed by atoms with van der Waals surface area (Å²) in [5, 5.41) is 12.0. The smallest absolute Gasteiger partial charge is 0.253 e. The van der Waals surface area contributed by atoms with Crippen molar-refractivity contribution < 1.29 is 90.5 Å². The molecule has 3 fully saturated rings. The first-order valence-electron chi connectivity index (χ1n) is 37.0. The number of hydrogen-bond acceptors (Lipinski definition) is 20. The van der Waals surface area contributed by atoms with E-state index in [1.807, 2.05) is 62.9 Å². The van der Waals surface area contributed by atoms with Crippen molar-refractivity contribution in [3.8, 4) is 0 Å². The van der Waals surface area contributed by atoms with Crippen LogP contribution in [0.1, 0.15) is 117 Å². The number of anilines is 1. The van der Waals surface area contributed by atoms with Crippen molar-refractivity contribution in [1.29, 1.82) is 0 Å². The highest BCUT2D eigenvalue weighted by atomic mass is 16.6. The van der Waals surface area contributed by atoms with Gasteiger partial charge >= 0.3 is 0 Å². The molecular weight excluding hydrogens is 1330 g/mol. The van der Waals surface area contributed by atoms with E-state index in [4.69, 9.17) is 47.4 Å². The van der Waals surface area contributed by atoms with Crippen LogP contribution < -0.4 is 21.3 Å². The molecule has 576 valence electrons. The monoisotopic (exact) mass is 1450 g/mol. The van der Waals surface area contributed by atoms with Crippen molar-refractivity contribution >= 4 is 59.2 Å².